The Balaban J connectivity index is 1.62. The van der Waals surface area contributed by atoms with Gasteiger partial charge in [0.2, 0.25) is 5.91 Å². The van der Waals surface area contributed by atoms with Crippen LogP contribution in [-0.2, 0) is 11.2 Å². The van der Waals surface area contributed by atoms with Crippen molar-refractivity contribution in [2.24, 2.45) is 5.41 Å². The minimum Gasteiger partial charge on any atom is -0.497 e. The monoisotopic (exact) mass is 274 g/mol. The van der Waals surface area contributed by atoms with Gasteiger partial charge in [-0.15, -0.1) is 0 Å². The summed E-state index contributed by atoms with van der Waals surface area (Å²) in [6, 6.07) is 7.78. The van der Waals surface area contributed by atoms with Crippen LogP contribution in [0.15, 0.2) is 24.3 Å². The molecular weight excluding hydrogens is 252 g/mol. The topological polar surface area (TPSA) is 41.6 Å². The largest absolute Gasteiger partial charge is 0.497 e. The van der Waals surface area contributed by atoms with Crippen LogP contribution in [0.4, 0.5) is 0 Å². The molecule has 1 N–H and O–H groups in total. The highest BCUT2D eigenvalue weighted by molar-refractivity contribution is 5.79. The number of likely N-dealkylation sites (tertiary alicyclic amines) is 1. The summed E-state index contributed by atoms with van der Waals surface area (Å²) >= 11 is 0. The van der Waals surface area contributed by atoms with Crippen LogP contribution < -0.4 is 10.1 Å². The minimum absolute atomic E-state index is 0.238. The van der Waals surface area contributed by atoms with E-state index < -0.39 is 0 Å². The first-order valence-corrected chi connectivity index (χ1v) is 7.32. The summed E-state index contributed by atoms with van der Waals surface area (Å²) in [5.41, 5.74) is 1.38. The van der Waals surface area contributed by atoms with Gasteiger partial charge in [0.15, 0.2) is 0 Å². The zero-order valence-corrected chi connectivity index (χ0v) is 12.0. The molecular formula is C16H22N2O2. The Morgan fingerprint density at radius 2 is 2.35 bits per heavy atom. The van der Waals surface area contributed by atoms with Crippen molar-refractivity contribution in [2.75, 3.05) is 33.3 Å². The number of nitrogens with zero attached hydrogens (tertiary/aromatic N) is 1. The summed E-state index contributed by atoms with van der Waals surface area (Å²) in [6.07, 6.45) is 2.82. The summed E-state index contributed by atoms with van der Waals surface area (Å²) in [5.74, 6) is 1.05. The second-order valence-corrected chi connectivity index (χ2v) is 6.02. The second kappa shape index (κ2) is 5.44. The van der Waals surface area contributed by atoms with E-state index in [1.165, 1.54) is 6.42 Å². The maximum absolute atomic E-state index is 12.4. The molecule has 0 aromatic heterocycles. The highest BCUT2D eigenvalue weighted by Crippen LogP contribution is 2.36. The predicted octanol–water partition coefficient (Wildman–Crippen LogP) is 1.45. The Bertz CT molecular complexity index is 495. The number of amides is 1. The number of hydrogen-bond donors (Lipinski definition) is 1. The first-order valence-electron chi connectivity index (χ1n) is 7.32. The van der Waals surface area contributed by atoms with Gasteiger partial charge in [-0.25, -0.2) is 0 Å². The molecule has 4 heteroatoms. The summed E-state index contributed by atoms with van der Waals surface area (Å²) in [7, 11) is 1.65. The molecule has 4 nitrogen and oxygen atoms in total. The van der Waals surface area contributed by atoms with Crippen molar-refractivity contribution >= 4 is 5.91 Å². The number of methoxy groups -OCH3 is 1. The highest BCUT2D eigenvalue weighted by Gasteiger charge is 2.41. The summed E-state index contributed by atoms with van der Waals surface area (Å²) in [5, 5.41) is 3.42. The van der Waals surface area contributed by atoms with Gasteiger partial charge in [0.1, 0.15) is 5.75 Å². The molecule has 0 bridgehead atoms. The number of hydrogen-bond acceptors (Lipinski definition) is 3. The van der Waals surface area contributed by atoms with Crippen LogP contribution in [0.25, 0.3) is 0 Å². The van der Waals surface area contributed by atoms with Gasteiger partial charge in [-0.1, -0.05) is 12.1 Å². The van der Waals surface area contributed by atoms with Crippen molar-refractivity contribution in [2.45, 2.75) is 19.3 Å². The Kier molecular flexibility index (Phi) is 3.66. The molecule has 2 heterocycles. The van der Waals surface area contributed by atoms with Gasteiger partial charge < -0.3 is 15.0 Å². The highest BCUT2D eigenvalue weighted by atomic mass is 16.5. The van der Waals surface area contributed by atoms with Gasteiger partial charge in [0.05, 0.1) is 13.5 Å². The molecule has 20 heavy (non-hydrogen) atoms. The molecule has 0 radical (unpaired) electrons. The normalized spacial score (nSPS) is 25.4. The van der Waals surface area contributed by atoms with Gasteiger partial charge >= 0.3 is 0 Å². The van der Waals surface area contributed by atoms with Crippen LogP contribution in [0.5, 0.6) is 5.75 Å². The van der Waals surface area contributed by atoms with Gasteiger partial charge in [0, 0.05) is 25.0 Å². The average molecular weight is 274 g/mol. The van der Waals surface area contributed by atoms with Gasteiger partial charge in [-0.2, -0.15) is 0 Å². The van der Waals surface area contributed by atoms with Crippen LogP contribution in [0.3, 0.4) is 0 Å². The third-order valence-corrected chi connectivity index (χ3v) is 4.61. The molecule has 0 aliphatic carbocycles. The van der Waals surface area contributed by atoms with Crippen LogP contribution in [0, 0.1) is 5.41 Å². The van der Waals surface area contributed by atoms with Crippen molar-refractivity contribution in [1.29, 1.82) is 0 Å². The lowest BCUT2D eigenvalue weighted by Crippen LogP contribution is -2.34. The molecule has 1 amide bonds. The molecule has 1 unspecified atom stereocenters. The Hall–Kier alpha value is -1.55. The zero-order chi connectivity index (χ0) is 14.0. The first-order chi connectivity index (χ1) is 9.71. The van der Waals surface area contributed by atoms with E-state index in [1.807, 2.05) is 29.2 Å². The van der Waals surface area contributed by atoms with Gasteiger partial charge in [0.25, 0.3) is 0 Å². The van der Waals surface area contributed by atoms with E-state index in [1.54, 1.807) is 7.11 Å². The molecule has 1 spiro atoms. The smallest absolute Gasteiger partial charge is 0.227 e. The quantitative estimate of drug-likeness (QED) is 0.907. The van der Waals surface area contributed by atoms with E-state index in [4.69, 9.17) is 4.74 Å². The maximum Gasteiger partial charge on any atom is 0.227 e. The van der Waals surface area contributed by atoms with Crippen LogP contribution in [0.2, 0.25) is 0 Å². The Labute approximate surface area is 120 Å². The molecule has 1 aromatic carbocycles. The molecule has 1 aromatic rings. The van der Waals surface area contributed by atoms with E-state index in [0.29, 0.717) is 11.8 Å². The van der Waals surface area contributed by atoms with Crippen molar-refractivity contribution in [3.63, 3.8) is 0 Å². The molecule has 2 aliphatic rings. The molecule has 0 saturated carbocycles. The Morgan fingerprint density at radius 1 is 1.45 bits per heavy atom. The SMILES string of the molecule is COc1cccc(CC(=O)N2CCC3(CCNC3)C2)c1. The van der Waals surface area contributed by atoms with Crippen LogP contribution in [0.1, 0.15) is 18.4 Å². The molecule has 1 atom stereocenters. The van der Waals surface area contributed by atoms with Crippen molar-refractivity contribution < 1.29 is 9.53 Å². The zero-order valence-electron chi connectivity index (χ0n) is 12.0. The van der Waals surface area contributed by atoms with E-state index in [0.717, 1.165) is 43.9 Å². The Morgan fingerprint density at radius 3 is 3.10 bits per heavy atom. The summed E-state index contributed by atoms with van der Waals surface area (Å²) in [6.45, 7) is 3.99. The van der Waals surface area contributed by atoms with E-state index in [2.05, 4.69) is 5.32 Å². The van der Waals surface area contributed by atoms with E-state index >= 15 is 0 Å². The number of rotatable bonds is 3. The number of nitrogens with one attached hydrogen (secondary N) is 1. The van der Waals surface area contributed by atoms with Crippen molar-refractivity contribution in [3.05, 3.63) is 29.8 Å². The van der Waals surface area contributed by atoms with Crippen molar-refractivity contribution in [1.82, 2.24) is 10.2 Å². The number of benzene rings is 1. The molecule has 2 saturated heterocycles. The third-order valence-electron chi connectivity index (χ3n) is 4.61. The lowest BCUT2D eigenvalue weighted by atomic mass is 9.86. The van der Waals surface area contributed by atoms with Crippen molar-refractivity contribution in [3.8, 4) is 5.75 Å². The minimum atomic E-state index is 0.238. The fraction of sp³-hybridized carbons (Fsp3) is 0.562. The second-order valence-electron chi connectivity index (χ2n) is 6.02. The summed E-state index contributed by atoms with van der Waals surface area (Å²) in [4.78, 5) is 14.5. The van der Waals surface area contributed by atoms with Gasteiger partial charge in [-0.05, 0) is 37.1 Å². The number of carbonyl (C=O) groups is 1. The predicted molar refractivity (Wildman–Crippen MR) is 77.8 cm³/mol. The molecule has 108 valence electrons. The number of carbonyl (C=O) groups excluding carboxylic acids is 1. The average Bonchev–Trinajstić information content (AvgIpc) is 3.10. The number of ether oxygens (including phenoxy) is 1. The van der Waals surface area contributed by atoms with E-state index in [9.17, 15) is 4.79 Å². The maximum atomic E-state index is 12.4. The van der Waals surface area contributed by atoms with Gasteiger partial charge in [-0.3, -0.25) is 4.79 Å². The van der Waals surface area contributed by atoms with Crippen LogP contribution >= 0.6 is 0 Å². The fourth-order valence-corrected chi connectivity index (χ4v) is 3.36. The standard InChI is InChI=1S/C16H22N2O2/c1-20-14-4-2-3-13(9-14)10-15(19)18-8-6-16(12-18)5-7-17-11-16/h2-4,9,17H,5-8,10-12H2,1H3. The third kappa shape index (κ3) is 2.66. The molecule has 3 rings (SSSR count). The lowest BCUT2D eigenvalue weighted by molar-refractivity contribution is -0.129. The summed E-state index contributed by atoms with van der Waals surface area (Å²) < 4.78 is 5.20. The van der Waals surface area contributed by atoms with E-state index in [-0.39, 0.29) is 5.91 Å². The molecule has 2 aliphatic heterocycles. The molecule has 2 fully saturated rings. The van der Waals surface area contributed by atoms with Crippen LogP contribution in [-0.4, -0.2) is 44.1 Å². The lowest BCUT2D eigenvalue weighted by Gasteiger charge is -2.22. The first kappa shape index (κ1) is 13.4. The fourth-order valence-electron chi connectivity index (χ4n) is 3.36.